The number of fused-ring (bicyclic) bond motifs is 3. The summed E-state index contributed by atoms with van der Waals surface area (Å²) in [7, 11) is 0. The first kappa shape index (κ1) is 32.1. The van der Waals surface area contributed by atoms with Crippen molar-refractivity contribution in [2.24, 2.45) is 5.92 Å². The van der Waals surface area contributed by atoms with E-state index in [4.69, 9.17) is 25.8 Å². The summed E-state index contributed by atoms with van der Waals surface area (Å²) >= 11 is 6.32. The van der Waals surface area contributed by atoms with Gasteiger partial charge in [-0.15, -0.1) is 0 Å². The fourth-order valence-corrected chi connectivity index (χ4v) is 7.06. The first-order chi connectivity index (χ1) is 22.1. The SMILES string of the molecule is O=C(N[C@H]1CCCCCC=C[C@@H]2C[C@@]2(C(=O)O)NC(=O)[C@@H]2C[C@@H](OC(=O)N3Cc4cccc(Cl)c4C3)CN2C1=O)OC1CCOC1. The summed E-state index contributed by atoms with van der Waals surface area (Å²) in [6, 6.07) is 3.34. The lowest BCUT2D eigenvalue weighted by atomic mass is 10.0. The number of hydrogen-bond donors (Lipinski definition) is 3. The van der Waals surface area contributed by atoms with Gasteiger partial charge in [0.1, 0.15) is 29.8 Å². The predicted molar refractivity (Wildman–Crippen MR) is 163 cm³/mol. The molecule has 248 valence electrons. The highest BCUT2D eigenvalue weighted by atomic mass is 35.5. The zero-order valence-electron chi connectivity index (χ0n) is 25.5. The van der Waals surface area contributed by atoms with E-state index in [1.807, 2.05) is 24.3 Å². The molecule has 4 aliphatic heterocycles. The predicted octanol–water partition coefficient (Wildman–Crippen LogP) is 3.13. The standard InChI is InChI=1S/C32H39ClN4O9/c33-24-9-6-7-19-15-36(17-23(19)24)31(43)46-22-13-26-27(38)35-32(29(40)41)14-20(32)8-4-2-1-3-5-10-25(28(39)37(26)16-22)34-30(42)45-21-11-12-44-18-21/h4,6-9,20-22,25-26H,1-3,5,10-18H2,(H,34,42)(H,35,38)(H,40,41)/t20-,21?,22-,25+,26+,32-/m1/s1. The molecule has 3 N–H and O–H groups in total. The van der Waals surface area contributed by atoms with Crippen molar-refractivity contribution in [2.45, 2.75) is 94.3 Å². The molecule has 14 heteroatoms. The molecule has 3 fully saturated rings. The van der Waals surface area contributed by atoms with Crippen molar-refractivity contribution in [3.8, 4) is 0 Å². The quantitative estimate of drug-likeness (QED) is 0.413. The van der Waals surface area contributed by atoms with Crippen molar-refractivity contribution in [2.75, 3.05) is 19.8 Å². The van der Waals surface area contributed by atoms with E-state index >= 15 is 0 Å². The van der Waals surface area contributed by atoms with Crippen LogP contribution in [-0.4, -0.2) is 94.5 Å². The maximum atomic E-state index is 14.1. The summed E-state index contributed by atoms with van der Waals surface area (Å²) in [6.45, 7) is 1.24. The number of carbonyl (C=O) groups is 5. The number of amides is 4. The number of hydrogen-bond acceptors (Lipinski definition) is 8. The molecule has 1 saturated carbocycles. The topological polar surface area (TPSA) is 164 Å². The minimum absolute atomic E-state index is 0.0301. The normalized spacial score (nSPS) is 31.1. The van der Waals surface area contributed by atoms with E-state index in [1.54, 1.807) is 6.07 Å². The van der Waals surface area contributed by atoms with Gasteiger partial charge in [0, 0.05) is 30.3 Å². The molecule has 6 atom stereocenters. The van der Waals surface area contributed by atoms with Crippen LogP contribution >= 0.6 is 11.6 Å². The van der Waals surface area contributed by atoms with Gasteiger partial charge in [-0.05, 0) is 42.9 Å². The number of carboxylic acids is 1. The van der Waals surface area contributed by atoms with Crippen LogP contribution in [0.4, 0.5) is 9.59 Å². The number of alkyl carbamates (subject to hydrolysis) is 1. The van der Waals surface area contributed by atoms with Gasteiger partial charge >= 0.3 is 18.2 Å². The van der Waals surface area contributed by atoms with Gasteiger partial charge in [-0.3, -0.25) is 14.5 Å². The Hall–Kier alpha value is -3.84. The van der Waals surface area contributed by atoms with Gasteiger partial charge in [-0.25, -0.2) is 14.4 Å². The van der Waals surface area contributed by atoms with Gasteiger partial charge in [-0.1, -0.05) is 48.7 Å². The van der Waals surface area contributed by atoms with Crippen molar-refractivity contribution in [1.29, 1.82) is 0 Å². The molecule has 1 aromatic rings. The van der Waals surface area contributed by atoms with E-state index in [0.717, 1.165) is 30.4 Å². The molecular weight excluding hydrogens is 620 g/mol. The largest absolute Gasteiger partial charge is 0.479 e. The van der Waals surface area contributed by atoms with Crippen LogP contribution in [0.25, 0.3) is 0 Å². The zero-order chi connectivity index (χ0) is 32.4. The Bertz CT molecular complexity index is 1420. The zero-order valence-corrected chi connectivity index (χ0v) is 26.2. The smallest absolute Gasteiger partial charge is 0.410 e. The molecule has 46 heavy (non-hydrogen) atoms. The van der Waals surface area contributed by atoms with E-state index in [1.165, 1.54) is 9.80 Å². The Kier molecular flexibility index (Phi) is 9.42. The van der Waals surface area contributed by atoms with Crippen molar-refractivity contribution in [1.82, 2.24) is 20.4 Å². The fraction of sp³-hybridized carbons (Fsp3) is 0.594. The molecule has 1 aliphatic carbocycles. The van der Waals surface area contributed by atoms with Crippen LogP contribution < -0.4 is 10.6 Å². The lowest BCUT2D eigenvalue weighted by molar-refractivity contribution is -0.145. The number of ether oxygens (including phenoxy) is 3. The Morgan fingerprint density at radius 3 is 2.70 bits per heavy atom. The molecule has 13 nitrogen and oxygen atoms in total. The highest BCUT2D eigenvalue weighted by Crippen LogP contribution is 2.45. The molecule has 4 heterocycles. The minimum atomic E-state index is -1.47. The van der Waals surface area contributed by atoms with Crippen LogP contribution in [0, 0.1) is 5.92 Å². The molecule has 0 aromatic heterocycles. The third-order valence-corrected chi connectivity index (χ3v) is 9.88. The second-order valence-corrected chi connectivity index (χ2v) is 13.1. The first-order valence-corrected chi connectivity index (χ1v) is 16.3. The molecule has 5 aliphatic rings. The Morgan fingerprint density at radius 1 is 1.09 bits per heavy atom. The molecule has 0 spiro atoms. The number of carbonyl (C=O) groups excluding carboxylic acids is 4. The highest BCUT2D eigenvalue weighted by Gasteiger charge is 2.61. The van der Waals surface area contributed by atoms with E-state index in [0.29, 0.717) is 37.4 Å². The molecule has 1 unspecified atom stereocenters. The second-order valence-electron chi connectivity index (χ2n) is 12.7. The van der Waals surface area contributed by atoms with Crippen LogP contribution in [-0.2, 0) is 41.7 Å². The van der Waals surface area contributed by atoms with Crippen LogP contribution in [0.2, 0.25) is 5.02 Å². The summed E-state index contributed by atoms with van der Waals surface area (Å²) in [4.78, 5) is 69.1. The van der Waals surface area contributed by atoms with E-state index in [-0.39, 0.29) is 38.5 Å². The monoisotopic (exact) mass is 658 g/mol. The summed E-state index contributed by atoms with van der Waals surface area (Å²) in [6.07, 6.45) is 5.17. The number of carboxylic acid groups (broad SMARTS) is 1. The van der Waals surface area contributed by atoms with Crippen LogP contribution in [0.3, 0.4) is 0 Å². The van der Waals surface area contributed by atoms with Crippen molar-refractivity contribution in [3.05, 3.63) is 46.5 Å². The Balaban J connectivity index is 1.21. The number of benzene rings is 1. The Morgan fingerprint density at radius 2 is 1.93 bits per heavy atom. The summed E-state index contributed by atoms with van der Waals surface area (Å²) in [5.41, 5.74) is 0.282. The van der Waals surface area contributed by atoms with Crippen LogP contribution in [0.5, 0.6) is 0 Å². The summed E-state index contributed by atoms with van der Waals surface area (Å²) in [5.74, 6) is -2.69. The van der Waals surface area contributed by atoms with Crippen LogP contribution in [0.1, 0.15) is 62.5 Å². The molecule has 0 bridgehead atoms. The maximum Gasteiger partial charge on any atom is 0.410 e. The van der Waals surface area contributed by atoms with Crippen molar-refractivity contribution in [3.63, 3.8) is 0 Å². The van der Waals surface area contributed by atoms with E-state index in [2.05, 4.69) is 10.6 Å². The minimum Gasteiger partial charge on any atom is -0.479 e. The summed E-state index contributed by atoms with van der Waals surface area (Å²) in [5, 5.41) is 16.0. The molecule has 0 radical (unpaired) electrons. The van der Waals surface area contributed by atoms with Gasteiger partial charge in [0.05, 0.1) is 26.3 Å². The number of nitrogens with one attached hydrogen (secondary N) is 2. The van der Waals surface area contributed by atoms with Gasteiger partial charge in [0.25, 0.3) is 0 Å². The maximum absolute atomic E-state index is 14.1. The molecule has 4 amide bonds. The van der Waals surface area contributed by atoms with Crippen molar-refractivity contribution < 1.29 is 43.3 Å². The third-order valence-electron chi connectivity index (χ3n) is 9.53. The fourth-order valence-electron chi connectivity index (χ4n) is 6.81. The first-order valence-electron chi connectivity index (χ1n) is 15.9. The average Bonchev–Trinajstić information content (AvgIpc) is 3.45. The van der Waals surface area contributed by atoms with Gasteiger partial charge < -0.3 is 34.9 Å². The van der Waals surface area contributed by atoms with Gasteiger partial charge in [0.2, 0.25) is 11.8 Å². The number of allylic oxidation sites excluding steroid dienone is 1. The highest BCUT2D eigenvalue weighted by molar-refractivity contribution is 6.31. The lowest BCUT2D eigenvalue weighted by Crippen LogP contribution is -2.56. The number of halogens is 1. The average molecular weight is 659 g/mol. The van der Waals surface area contributed by atoms with E-state index < -0.39 is 59.8 Å². The summed E-state index contributed by atoms with van der Waals surface area (Å²) < 4.78 is 16.6. The van der Waals surface area contributed by atoms with Gasteiger partial charge in [-0.2, -0.15) is 0 Å². The molecule has 2 saturated heterocycles. The van der Waals surface area contributed by atoms with Gasteiger partial charge in [0.15, 0.2) is 0 Å². The lowest BCUT2D eigenvalue weighted by Gasteiger charge is -2.29. The van der Waals surface area contributed by atoms with Crippen LogP contribution in [0.15, 0.2) is 30.4 Å². The number of aliphatic carboxylic acids is 1. The van der Waals surface area contributed by atoms with Crippen molar-refractivity contribution >= 4 is 41.6 Å². The number of nitrogens with zero attached hydrogens (tertiary/aromatic N) is 2. The Labute approximate surface area is 271 Å². The number of rotatable bonds is 4. The third kappa shape index (κ3) is 6.80. The molecular formula is C32H39ClN4O9. The van der Waals surface area contributed by atoms with E-state index in [9.17, 15) is 29.1 Å². The second kappa shape index (κ2) is 13.5. The molecule has 6 rings (SSSR count). The molecule has 1 aromatic carbocycles.